The summed E-state index contributed by atoms with van der Waals surface area (Å²) in [6.45, 7) is 0. The minimum absolute atomic E-state index is 0.343. The number of benzene rings is 7. The third-order valence-electron chi connectivity index (χ3n) is 14.1. The molecule has 5 aliphatic rings. The van der Waals surface area contributed by atoms with Crippen molar-refractivity contribution in [1.82, 2.24) is 0 Å². The van der Waals surface area contributed by atoms with Crippen LogP contribution in [0.5, 0.6) is 0 Å². The summed E-state index contributed by atoms with van der Waals surface area (Å²) in [6.07, 6.45) is 6.00. The number of anilines is 3. The van der Waals surface area contributed by atoms with Crippen LogP contribution in [-0.4, -0.2) is 8.42 Å². The number of para-hydroxylation sites is 3. The molecule has 2 heterocycles. The Morgan fingerprint density at radius 2 is 1.14 bits per heavy atom. The van der Waals surface area contributed by atoms with Crippen LogP contribution in [0.4, 0.5) is 17.1 Å². The van der Waals surface area contributed by atoms with Gasteiger partial charge in [0, 0.05) is 38.7 Å². The van der Waals surface area contributed by atoms with E-state index < -0.39 is 9.84 Å². The van der Waals surface area contributed by atoms with Crippen molar-refractivity contribution in [3.05, 3.63) is 175 Å². The Hall–Kier alpha value is -5.91. The van der Waals surface area contributed by atoms with Crippen LogP contribution in [0, 0.1) is 23.7 Å². The molecule has 0 unspecified atom stereocenters. The molecule has 278 valence electrons. The Labute approximate surface area is 333 Å². The molecule has 4 bridgehead atoms. The minimum atomic E-state index is -3.74. The smallest absolute Gasteiger partial charge is 0.207 e. The largest absolute Gasteiger partial charge is 0.455 e. The Morgan fingerprint density at radius 1 is 0.509 bits per heavy atom. The minimum Gasteiger partial charge on any atom is -0.455 e. The molecule has 1 aromatic heterocycles. The van der Waals surface area contributed by atoms with Crippen LogP contribution in [0.15, 0.2) is 178 Å². The van der Waals surface area contributed by atoms with E-state index in [1.165, 1.54) is 32.1 Å². The summed E-state index contributed by atoms with van der Waals surface area (Å²) >= 11 is 0. The molecule has 57 heavy (non-hydrogen) atoms. The van der Waals surface area contributed by atoms with Crippen LogP contribution in [0.3, 0.4) is 0 Å². The van der Waals surface area contributed by atoms with Gasteiger partial charge in [0.15, 0.2) is 0 Å². The third-order valence-corrected chi connectivity index (χ3v) is 15.9. The van der Waals surface area contributed by atoms with E-state index >= 15 is 0 Å². The molecule has 0 atom stereocenters. The van der Waals surface area contributed by atoms with Gasteiger partial charge in [0.25, 0.3) is 0 Å². The lowest BCUT2D eigenvalue weighted by Crippen LogP contribution is -2.57. The highest BCUT2D eigenvalue weighted by molar-refractivity contribution is 7.91. The van der Waals surface area contributed by atoms with Gasteiger partial charge in [-0.2, -0.15) is 0 Å². The lowest BCUT2D eigenvalue weighted by molar-refractivity contribution is -0.0446. The van der Waals surface area contributed by atoms with Gasteiger partial charge in [0.05, 0.1) is 15.5 Å². The Balaban J connectivity index is 1.11. The molecule has 5 heteroatoms. The Kier molecular flexibility index (Phi) is 7.17. The van der Waals surface area contributed by atoms with Gasteiger partial charge in [-0.15, -0.1) is 0 Å². The van der Waals surface area contributed by atoms with Crippen LogP contribution in [0.1, 0.15) is 43.2 Å². The average Bonchev–Trinajstić information content (AvgIpc) is 3.63. The van der Waals surface area contributed by atoms with Crippen molar-refractivity contribution in [2.24, 2.45) is 23.7 Å². The Morgan fingerprint density at radius 3 is 1.98 bits per heavy atom. The number of fused-ring (bicyclic) bond motifs is 5. The first-order valence-corrected chi connectivity index (χ1v) is 21.9. The van der Waals surface area contributed by atoms with Crippen molar-refractivity contribution in [1.29, 1.82) is 0 Å². The maximum atomic E-state index is 14.7. The first-order chi connectivity index (χ1) is 28.0. The van der Waals surface area contributed by atoms with E-state index in [4.69, 9.17) is 4.42 Å². The molecule has 13 rings (SSSR count). The highest BCUT2D eigenvalue weighted by atomic mass is 32.2. The number of sulfone groups is 1. The lowest BCUT2D eigenvalue weighted by Gasteiger charge is -2.63. The molecule has 4 aliphatic carbocycles. The van der Waals surface area contributed by atoms with E-state index in [-0.39, 0.29) is 5.41 Å². The maximum absolute atomic E-state index is 14.7. The fourth-order valence-electron chi connectivity index (χ4n) is 12.1. The van der Waals surface area contributed by atoms with Gasteiger partial charge in [-0.3, -0.25) is 0 Å². The lowest BCUT2D eigenvalue weighted by atomic mass is 9.42. The van der Waals surface area contributed by atoms with Gasteiger partial charge in [0.2, 0.25) is 9.84 Å². The van der Waals surface area contributed by atoms with Crippen molar-refractivity contribution in [3.8, 4) is 22.3 Å². The third kappa shape index (κ3) is 4.75. The van der Waals surface area contributed by atoms with Crippen molar-refractivity contribution in [2.75, 3.05) is 4.90 Å². The molecule has 0 N–H and O–H groups in total. The quantitative estimate of drug-likeness (QED) is 0.175. The van der Waals surface area contributed by atoms with Crippen molar-refractivity contribution in [2.45, 2.75) is 47.3 Å². The fraction of sp³-hybridized carbons (Fsp3) is 0.192. The molecule has 8 aromatic rings. The molecule has 1 aliphatic heterocycles. The highest BCUT2D eigenvalue weighted by Gasteiger charge is 2.62. The summed E-state index contributed by atoms with van der Waals surface area (Å²) in [4.78, 5) is 3.34. The van der Waals surface area contributed by atoms with E-state index in [2.05, 4.69) is 132 Å². The van der Waals surface area contributed by atoms with Crippen LogP contribution >= 0.6 is 0 Å². The molecular weight excluding hydrogens is 719 g/mol. The zero-order chi connectivity index (χ0) is 37.9. The fourth-order valence-corrected chi connectivity index (χ4v) is 13.9. The number of rotatable bonds is 5. The summed E-state index contributed by atoms with van der Waals surface area (Å²) in [5.74, 6) is 2.31. The van der Waals surface area contributed by atoms with Gasteiger partial charge in [-0.25, -0.2) is 8.42 Å². The number of nitrogens with zero attached hydrogens (tertiary/aromatic N) is 1. The second-order valence-corrected chi connectivity index (χ2v) is 18.8. The van der Waals surface area contributed by atoms with Gasteiger partial charge >= 0.3 is 0 Å². The van der Waals surface area contributed by atoms with Crippen molar-refractivity contribution in [3.63, 3.8) is 0 Å². The standard InChI is InChI=1S/C52H41NO3S/c54-57(55)49-23-9-6-20-45(49)52(37-27-33-26-34(29-37)30-38(52)28-33)46-32-40(24-25-50(46)57)53(47-21-7-4-16-41(47)35-12-2-1-3-13-35)39-15-10-14-36(31-39)42-18-11-19-44-43-17-5-8-22-48(43)56-51(42)44/h1-25,31-34,37-38H,26-30H2. The molecular formula is C52H41NO3S. The molecule has 4 nitrogen and oxygen atoms in total. The van der Waals surface area contributed by atoms with Crippen LogP contribution < -0.4 is 4.90 Å². The van der Waals surface area contributed by atoms with Gasteiger partial charge in [-0.1, -0.05) is 115 Å². The molecule has 4 saturated carbocycles. The van der Waals surface area contributed by atoms with E-state index in [9.17, 15) is 8.42 Å². The van der Waals surface area contributed by atoms with Crippen LogP contribution in [0.2, 0.25) is 0 Å². The SMILES string of the molecule is O=S1(=O)c2ccccc2C2(c3cc(N(c4cccc(-c5cccc6c5oc5ccccc56)c4)c4ccccc4-c4ccccc4)ccc31)C1CC3CC(C1)CC2C3. The summed E-state index contributed by atoms with van der Waals surface area (Å²) in [6, 6.07) is 56.7. The molecule has 0 amide bonds. The maximum Gasteiger partial charge on any atom is 0.207 e. The number of furan rings is 1. The van der Waals surface area contributed by atoms with E-state index in [0.29, 0.717) is 21.6 Å². The van der Waals surface area contributed by atoms with Gasteiger partial charge < -0.3 is 9.32 Å². The topological polar surface area (TPSA) is 50.5 Å². The Bertz CT molecular complexity index is 2990. The zero-order valence-electron chi connectivity index (χ0n) is 31.5. The van der Waals surface area contributed by atoms with E-state index in [1.807, 2.05) is 36.4 Å². The molecule has 0 radical (unpaired) electrons. The molecule has 1 spiro atoms. The summed E-state index contributed by atoms with van der Waals surface area (Å²) in [5.41, 5.74) is 10.7. The molecule has 7 aromatic carbocycles. The predicted octanol–water partition coefficient (Wildman–Crippen LogP) is 13.3. The first kappa shape index (κ1) is 33.3. The van der Waals surface area contributed by atoms with E-state index in [1.54, 1.807) is 0 Å². The van der Waals surface area contributed by atoms with Crippen molar-refractivity contribution < 1.29 is 12.8 Å². The first-order valence-electron chi connectivity index (χ1n) is 20.4. The molecule has 0 saturated heterocycles. The summed E-state index contributed by atoms with van der Waals surface area (Å²) in [7, 11) is -3.74. The average molecular weight is 760 g/mol. The van der Waals surface area contributed by atoms with E-state index in [0.717, 1.165) is 84.2 Å². The summed E-state index contributed by atoms with van der Waals surface area (Å²) < 4.78 is 36.0. The predicted molar refractivity (Wildman–Crippen MR) is 229 cm³/mol. The summed E-state index contributed by atoms with van der Waals surface area (Å²) in [5, 5.41) is 2.20. The van der Waals surface area contributed by atoms with Crippen LogP contribution in [-0.2, 0) is 15.3 Å². The van der Waals surface area contributed by atoms with Gasteiger partial charge in [-0.05, 0) is 127 Å². The second-order valence-electron chi connectivity index (χ2n) is 16.9. The molecule has 4 fully saturated rings. The number of hydrogen-bond donors (Lipinski definition) is 0. The second kappa shape index (κ2) is 12.3. The zero-order valence-corrected chi connectivity index (χ0v) is 32.3. The van der Waals surface area contributed by atoms with Crippen LogP contribution in [0.25, 0.3) is 44.2 Å². The highest BCUT2D eigenvalue weighted by Crippen LogP contribution is 2.68. The number of hydrogen-bond acceptors (Lipinski definition) is 4. The van der Waals surface area contributed by atoms with Crippen molar-refractivity contribution >= 4 is 48.8 Å². The monoisotopic (exact) mass is 759 g/mol. The van der Waals surface area contributed by atoms with Gasteiger partial charge in [0.1, 0.15) is 11.2 Å². The normalized spacial score (nSPS) is 23.8.